The molecule has 0 amide bonds. The largest absolute Gasteiger partial charge is 0.388 e. The molecule has 92 valence electrons. The zero-order valence-corrected chi connectivity index (χ0v) is 11.3. The number of hydrogen-bond donors (Lipinski definition) is 2. The molecule has 0 fully saturated rings. The Labute approximate surface area is 116 Å². The summed E-state index contributed by atoms with van der Waals surface area (Å²) < 4.78 is 0. The van der Waals surface area contributed by atoms with Crippen molar-refractivity contribution in [3.05, 3.63) is 63.6 Å². The topological polar surface area (TPSA) is 35.9 Å². The lowest BCUT2D eigenvalue weighted by molar-refractivity contribution is 1.43. The summed E-state index contributed by atoms with van der Waals surface area (Å²) in [5.74, 6) is 0. The lowest BCUT2D eigenvalue weighted by Crippen LogP contribution is -2.06. The second-order valence-corrected chi connectivity index (χ2v) is 4.64. The highest BCUT2D eigenvalue weighted by Gasteiger charge is 2.12. The van der Waals surface area contributed by atoms with Crippen LogP contribution in [0.2, 0.25) is 10.0 Å². The van der Waals surface area contributed by atoms with E-state index in [9.17, 15) is 0 Å². The van der Waals surface area contributed by atoms with Gasteiger partial charge in [0, 0.05) is 33.9 Å². The van der Waals surface area contributed by atoms with Crippen molar-refractivity contribution in [2.45, 2.75) is 0 Å². The molecule has 0 bridgehead atoms. The van der Waals surface area contributed by atoms with Crippen LogP contribution in [0.3, 0.4) is 0 Å². The minimum absolute atomic E-state index is 0.354. The summed E-state index contributed by atoms with van der Waals surface area (Å²) >= 11 is 12.1. The Hall–Kier alpha value is -1.51. The van der Waals surface area contributed by atoms with Crippen molar-refractivity contribution in [3.8, 4) is 0 Å². The Kier molecular flexibility index (Phi) is 3.90. The highest BCUT2D eigenvalue weighted by atomic mass is 35.5. The van der Waals surface area contributed by atoms with Gasteiger partial charge in [0.25, 0.3) is 0 Å². The fourth-order valence-electron chi connectivity index (χ4n) is 1.75. The molecular formula is C14H12Cl2N2. The molecule has 2 nitrogen and oxygen atoms in total. The molecule has 2 rings (SSSR count). The molecule has 4 heteroatoms. The van der Waals surface area contributed by atoms with Crippen LogP contribution in [0.25, 0.3) is 0 Å². The number of rotatable bonds is 3. The summed E-state index contributed by atoms with van der Waals surface area (Å²) in [5.41, 5.74) is 2.63. The average Bonchev–Trinajstić information content (AvgIpc) is 2.38. The molecule has 0 radical (unpaired) electrons. The normalized spacial score (nSPS) is 10.2. The lowest BCUT2D eigenvalue weighted by Gasteiger charge is -2.12. The molecule has 2 aromatic carbocycles. The predicted molar refractivity (Wildman–Crippen MR) is 78.4 cm³/mol. The van der Waals surface area contributed by atoms with Gasteiger partial charge in [-0.15, -0.1) is 0 Å². The second kappa shape index (κ2) is 5.42. The molecule has 0 saturated heterocycles. The summed E-state index contributed by atoms with van der Waals surface area (Å²) in [4.78, 5) is 0. The molecular weight excluding hydrogens is 267 g/mol. The number of halogens is 2. The van der Waals surface area contributed by atoms with Gasteiger partial charge in [0.1, 0.15) is 0 Å². The standard InChI is InChI=1S/C14H12Cl2N2/c1-18-13-7-6-9(15)8-11(13)14(17)10-4-2-3-5-12(10)16/h2-8,17-18H,1H3. The smallest absolute Gasteiger partial charge is 0.0720 e. The first-order valence-corrected chi connectivity index (χ1v) is 6.20. The van der Waals surface area contributed by atoms with Crippen LogP contribution < -0.4 is 5.32 Å². The molecule has 0 aliphatic heterocycles. The minimum Gasteiger partial charge on any atom is -0.388 e. The number of anilines is 1. The Morgan fingerprint density at radius 1 is 1.06 bits per heavy atom. The molecule has 0 aromatic heterocycles. The van der Waals surface area contributed by atoms with E-state index in [0.717, 1.165) is 11.3 Å². The molecule has 0 unspecified atom stereocenters. The van der Waals surface area contributed by atoms with E-state index in [1.807, 2.05) is 31.3 Å². The third-order valence-electron chi connectivity index (χ3n) is 2.66. The monoisotopic (exact) mass is 278 g/mol. The molecule has 0 aliphatic carbocycles. The van der Waals surface area contributed by atoms with Crippen LogP contribution >= 0.6 is 23.2 Å². The van der Waals surface area contributed by atoms with Gasteiger partial charge in [-0.25, -0.2) is 0 Å². The number of nitrogens with one attached hydrogen (secondary N) is 2. The molecule has 0 aliphatic rings. The zero-order valence-electron chi connectivity index (χ0n) is 9.80. The van der Waals surface area contributed by atoms with Crippen LogP contribution in [0.15, 0.2) is 42.5 Å². The van der Waals surface area contributed by atoms with Crippen LogP contribution in [0.5, 0.6) is 0 Å². The first kappa shape index (κ1) is 12.9. The highest BCUT2D eigenvalue weighted by Crippen LogP contribution is 2.26. The van der Waals surface area contributed by atoms with Crippen molar-refractivity contribution in [1.29, 1.82) is 5.41 Å². The van der Waals surface area contributed by atoms with E-state index in [1.165, 1.54) is 0 Å². The molecule has 0 saturated carbocycles. The van der Waals surface area contributed by atoms with Crippen molar-refractivity contribution in [2.24, 2.45) is 0 Å². The molecule has 0 atom stereocenters. The Balaban J connectivity index is 2.52. The fourth-order valence-corrected chi connectivity index (χ4v) is 2.15. The molecule has 2 N–H and O–H groups in total. The van der Waals surface area contributed by atoms with Gasteiger partial charge in [-0.2, -0.15) is 0 Å². The molecule has 0 spiro atoms. The van der Waals surface area contributed by atoms with Gasteiger partial charge < -0.3 is 5.32 Å². The van der Waals surface area contributed by atoms with Gasteiger partial charge in [-0.05, 0) is 24.3 Å². The van der Waals surface area contributed by atoms with Gasteiger partial charge in [0.15, 0.2) is 0 Å². The van der Waals surface area contributed by atoms with E-state index in [1.54, 1.807) is 18.2 Å². The van der Waals surface area contributed by atoms with E-state index < -0.39 is 0 Å². The lowest BCUT2D eigenvalue weighted by atomic mass is 10.0. The van der Waals surface area contributed by atoms with Crippen molar-refractivity contribution in [1.82, 2.24) is 0 Å². The maximum absolute atomic E-state index is 8.27. The van der Waals surface area contributed by atoms with Crippen LogP contribution in [0, 0.1) is 5.41 Å². The minimum atomic E-state index is 0.354. The van der Waals surface area contributed by atoms with Crippen LogP contribution in [-0.2, 0) is 0 Å². The van der Waals surface area contributed by atoms with Crippen LogP contribution in [-0.4, -0.2) is 12.8 Å². The van der Waals surface area contributed by atoms with Crippen molar-refractivity contribution in [3.63, 3.8) is 0 Å². The van der Waals surface area contributed by atoms with E-state index in [2.05, 4.69) is 5.32 Å². The van der Waals surface area contributed by atoms with E-state index in [4.69, 9.17) is 28.6 Å². The predicted octanol–water partition coefficient (Wildman–Crippen LogP) is 4.45. The van der Waals surface area contributed by atoms with E-state index in [-0.39, 0.29) is 0 Å². The van der Waals surface area contributed by atoms with Crippen molar-refractivity contribution < 1.29 is 0 Å². The van der Waals surface area contributed by atoms with E-state index in [0.29, 0.717) is 21.3 Å². The summed E-state index contributed by atoms with van der Waals surface area (Å²) in [7, 11) is 1.81. The van der Waals surface area contributed by atoms with Crippen LogP contribution in [0.1, 0.15) is 11.1 Å². The third-order valence-corrected chi connectivity index (χ3v) is 3.23. The average molecular weight is 279 g/mol. The second-order valence-electron chi connectivity index (χ2n) is 3.79. The Bertz CT molecular complexity index is 594. The van der Waals surface area contributed by atoms with Crippen molar-refractivity contribution >= 4 is 34.6 Å². The van der Waals surface area contributed by atoms with Crippen LogP contribution in [0.4, 0.5) is 5.69 Å². The summed E-state index contributed by atoms with van der Waals surface area (Å²) in [6, 6.07) is 12.7. The summed E-state index contributed by atoms with van der Waals surface area (Å²) in [5, 5.41) is 12.5. The Morgan fingerprint density at radius 3 is 2.44 bits per heavy atom. The summed E-state index contributed by atoms with van der Waals surface area (Å²) in [6.07, 6.45) is 0. The Morgan fingerprint density at radius 2 is 1.78 bits per heavy atom. The molecule has 0 heterocycles. The first-order chi connectivity index (χ1) is 8.63. The van der Waals surface area contributed by atoms with Gasteiger partial charge in [0.2, 0.25) is 0 Å². The zero-order chi connectivity index (χ0) is 13.1. The third kappa shape index (κ3) is 2.50. The van der Waals surface area contributed by atoms with Crippen molar-refractivity contribution in [2.75, 3.05) is 12.4 Å². The quantitative estimate of drug-likeness (QED) is 0.800. The first-order valence-electron chi connectivity index (χ1n) is 5.44. The maximum atomic E-state index is 8.27. The van der Waals surface area contributed by atoms with Gasteiger partial charge in [-0.1, -0.05) is 41.4 Å². The number of hydrogen-bond acceptors (Lipinski definition) is 2. The van der Waals surface area contributed by atoms with Gasteiger partial charge >= 0.3 is 0 Å². The maximum Gasteiger partial charge on any atom is 0.0720 e. The summed E-state index contributed by atoms with van der Waals surface area (Å²) in [6.45, 7) is 0. The van der Waals surface area contributed by atoms with Gasteiger partial charge in [-0.3, -0.25) is 5.41 Å². The molecule has 18 heavy (non-hydrogen) atoms. The van der Waals surface area contributed by atoms with Gasteiger partial charge in [0.05, 0.1) is 5.71 Å². The molecule has 2 aromatic rings. The SMILES string of the molecule is CNc1ccc(Cl)cc1C(=N)c1ccccc1Cl. The number of benzene rings is 2. The fraction of sp³-hybridized carbons (Fsp3) is 0.0714. The van der Waals surface area contributed by atoms with E-state index >= 15 is 0 Å². The highest BCUT2D eigenvalue weighted by molar-refractivity contribution is 6.36.